The molecule has 0 saturated carbocycles. The largest absolute Gasteiger partial charge is 0.358 e. The lowest BCUT2D eigenvalue weighted by molar-refractivity contribution is 0.268. The Morgan fingerprint density at radius 1 is 0.885 bits per heavy atom. The molecule has 5 heteroatoms. The number of nitrogens with zero attached hydrogens (tertiary/aromatic N) is 2. The van der Waals surface area contributed by atoms with E-state index in [0.717, 1.165) is 34.2 Å². The first-order valence-corrected chi connectivity index (χ1v) is 9.28. The van der Waals surface area contributed by atoms with Crippen LogP contribution in [-0.2, 0) is 0 Å². The number of anilines is 1. The van der Waals surface area contributed by atoms with Gasteiger partial charge in [0, 0.05) is 11.2 Å². The highest BCUT2D eigenvalue weighted by molar-refractivity contribution is 7.80. The predicted molar refractivity (Wildman–Crippen MR) is 115 cm³/mol. The van der Waals surface area contributed by atoms with Gasteiger partial charge in [0.25, 0.3) is 0 Å². The van der Waals surface area contributed by atoms with Crippen molar-refractivity contribution in [3.63, 3.8) is 0 Å². The summed E-state index contributed by atoms with van der Waals surface area (Å²) in [5, 5.41) is 7.32. The predicted octanol–water partition coefficient (Wildman–Crippen LogP) is 5.28. The third-order valence-electron chi connectivity index (χ3n) is 4.02. The van der Waals surface area contributed by atoms with Crippen molar-refractivity contribution in [1.29, 1.82) is 0 Å². The summed E-state index contributed by atoms with van der Waals surface area (Å²) in [7, 11) is 0. The second-order valence-corrected chi connectivity index (χ2v) is 9.02. The number of fused-ring (bicyclic) bond motifs is 2. The molecular formula is C21H26N4S. The first-order chi connectivity index (χ1) is 12.1. The lowest BCUT2D eigenvalue weighted by atomic mass is 9.82. The van der Waals surface area contributed by atoms with Crippen LogP contribution in [0.2, 0.25) is 0 Å². The van der Waals surface area contributed by atoms with Crippen molar-refractivity contribution in [3.05, 3.63) is 42.5 Å². The number of thiocarbonyl (C=S) groups is 1. The van der Waals surface area contributed by atoms with Gasteiger partial charge >= 0.3 is 0 Å². The standard InChI is InChI=1S/C21H26N4S/c1-20(2,3)13-21(4,5)25-19(26)22-14-10-11-17-18(12-14)24-16-9-7-6-8-15(16)23-17/h6-12H,13H2,1-5H3,(H2,22,25,26). The molecule has 0 unspecified atom stereocenters. The molecule has 0 bridgehead atoms. The number of hydrogen-bond acceptors (Lipinski definition) is 3. The van der Waals surface area contributed by atoms with E-state index in [4.69, 9.17) is 17.2 Å². The van der Waals surface area contributed by atoms with E-state index in [-0.39, 0.29) is 11.0 Å². The van der Waals surface area contributed by atoms with Crippen LogP contribution in [-0.4, -0.2) is 20.6 Å². The van der Waals surface area contributed by atoms with Gasteiger partial charge in [-0.2, -0.15) is 0 Å². The van der Waals surface area contributed by atoms with Gasteiger partial charge in [0.15, 0.2) is 5.11 Å². The maximum atomic E-state index is 5.51. The summed E-state index contributed by atoms with van der Waals surface area (Å²) < 4.78 is 0. The Hall–Kier alpha value is -2.27. The molecule has 2 N–H and O–H groups in total. The molecule has 2 aromatic carbocycles. The first-order valence-electron chi connectivity index (χ1n) is 8.87. The highest BCUT2D eigenvalue weighted by atomic mass is 32.1. The third kappa shape index (κ3) is 4.67. The van der Waals surface area contributed by atoms with Gasteiger partial charge in [0.05, 0.1) is 22.1 Å². The SMILES string of the molecule is CC(C)(C)CC(C)(C)NC(=S)Nc1ccc2nc3ccccc3nc2c1. The maximum Gasteiger partial charge on any atom is 0.171 e. The van der Waals surface area contributed by atoms with Gasteiger partial charge in [-0.15, -0.1) is 0 Å². The lowest BCUT2D eigenvalue weighted by Crippen LogP contribution is -2.47. The van der Waals surface area contributed by atoms with E-state index in [1.807, 2.05) is 42.5 Å². The van der Waals surface area contributed by atoms with Crippen LogP contribution in [0.15, 0.2) is 42.5 Å². The molecular weight excluding hydrogens is 340 g/mol. The average Bonchev–Trinajstić information content (AvgIpc) is 2.49. The number of rotatable bonds is 3. The van der Waals surface area contributed by atoms with Crippen LogP contribution in [0.1, 0.15) is 41.0 Å². The van der Waals surface area contributed by atoms with E-state index in [2.05, 4.69) is 50.2 Å². The van der Waals surface area contributed by atoms with Gasteiger partial charge in [0.1, 0.15) is 0 Å². The Morgan fingerprint density at radius 2 is 1.46 bits per heavy atom. The van der Waals surface area contributed by atoms with Crippen molar-refractivity contribution in [2.24, 2.45) is 5.41 Å². The minimum atomic E-state index is -0.0881. The summed E-state index contributed by atoms with van der Waals surface area (Å²) in [5.41, 5.74) is 4.57. The van der Waals surface area contributed by atoms with Crippen LogP contribution in [0.4, 0.5) is 5.69 Å². The Labute approximate surface area is 160 Å². The second kappa shape index (κ2) is 6.80. The normalized spacial score (nSPS) is 12.3. The van der Waals surface area contributed by atoms with Crippen LogP contribution in [0, 0.1) is 5.41 Å². The summed E-state index contributed by atoms with van der Waals surface area (Å²) >= 11 is 5.51. The van der Waals surface area contributed by atoms with Crippen molar-refractivity contribution in [2.75, 3.05) is 5.32 Å². The van der Waals surface area contributed by atoms with Gasteiger partial charge in [-0.1, -0.05) is 32.9 Å². The molecule has 3 aromatic rings. The molecule has 0 aliphatic rings. The van der Waals surface area contributed by atoms with Gasteiger partial charge in [-0.3, -0.25) is 0 Å². The molecule has 136 valence electrons. The van der Waals surface area contributed by atoms with Crippen molar-refractivity contribution in [1.82, 2.24) is 15.3 Å². The zero-order valence-electron chi connectivity index (χ0n) is 16.1. The molecule has 1 aromatic heterocycles. The average molecular weight is 367 g/mol. The van der Waals surface area contributed by atoms with Gasteiger partial charge in [0.2, 0.25) is 0 Å². The fourth-order valence-electron chi connectivity index (χ4n) is 3.54. The smallest absolute Gasteiger partial charge is 0.171 e. The third-order valence-corrected chi connectivity index (χ3v) is 4.23. The Balaban J connectivity index is 1.78. The van der Waals surface area contributed by atoms with E-state index < -0.39 is 0 Å². The van der Waals surface area contributed by atoms with Gasteiger partial charge in [-0.05, 0) is 68.2 Å². The molecule has 0 radical (unpaired) electrons. The fourth-order valence-corrected chi connectivity index (χ4v) is 3.93. The molecule has 4 nitrogen and oxygen atoms in total. The van der Waals surface area contributed by atoms with E-state index in [0.29, 0.717) is 5.11 Å². The van der Waals surface area contributed by atoms with Crippen LogP contribution in [0.3, 0.4) is 0 Å². The molecule has 0 aliphatic carbocycles. The van der Waals surface area contributed by atoms with Gasteiger partial charge in [-0.25, -0.2) is 9.97 Å². The minimum absolute atomic E-state index is 0.0881. The van der Waals surface area contributed by atoms with Crippen molar-refractivity contribution < 1.29 is 0 Å². The Bertz CT molecular complexity index is 957. The number of hydrogen-bond donors (Lipinski definition) is 2. The van der Waals surface area contributed by atoms with Crippen molar-refractivity contribution >= 4 is 45.1 Å². The topological polar surface area (TPSA) is 49.8 Å². The lowest BCUT2D eigenvalue weighted by Gasteiger charge is -2.34. The molecule has 0 saturated heterocycles. The highest BCUT2D eigenvalue weighted by Gasteiger charge is 2.25. The van der Waals surface area contributed by atoms with E-state index in [1.54, 1.807) is 0 Å². The zero-order valence-corrected chi connectivity index (χ0v) is 16.9. The first kappa shape index (κ1) is 18.5. The Kier molecular flexibility index (Phi) is 4.84. The second-order valence-electron chi connectivity index (χ2n) is 8.62. The molecule has 26 heavy (non-hydrogen) atoms. The molecule has 0 spiro atoms. The van der Waals surface area contributed by atoms with Crippen LogP contribution in [0.5, 0.6) is 0 Å². The zero-order chi connectivity index (χ0) is 18.9. The maximum absolute atomic E-state index is 5.51. The molecule has 1 heterocycles. The summed E-state index contributed by atoms with van der Waals surface area (Å²) in [6.45, 7) is 11.0. The summed E-state index contributed by atoms with van der Waals surface area (Å²) in [5.74, 6) is 0. The summed E-state index contributed by atoms with van der Waals surface area (Å²) in [6.07, 6.45) is 1.01. The summed E-state index contributed by atoms with van der Waals surface area (Å²) in [6, 6.07) is 13.8. The van der Waals surface area contributed by atoms with Crippen LogP contribution >= 0.6 is 12.2 Å². The number of benzene rings is 2. The molecule has 0 atom stereocenters. The van der Waals surface area contributed by atoms with Crippen LogP contribution in [0.25, 0.3) is 22.1 Å². The van der Waals surface area contributed by atoms with Crippen LogP contribution < -0.4 is 10.6 Å². The number of para-hydroxylation sites is 2. The minimum Gasteiger partial charge on any atom is -0.358 e. The van der Waals surface area contributed by atoms with E-state index in [1.165, 1.54) is 0 Å². The number of aromatic nitrogens is 2. The van der Waals surface area contributed by atoms with E-state index >= 15 is 0 Å². The molecule has 0 amide bonds. The fraction of sp³-hybridized carbons (Fsp3) is 0.381. The van der Waals surface area contributed by atoms with E-state index in [9.17, 15) is 0 Å². The van der Waals surface area contributed by atoms with Crippen molar-refractivity contribution in [3.8, 4) is 0 Å². The quantitative estimate of drug-likeness (QED) is 0.487. The molecule has 0 aliphatic heterocycles. The molecule has 0 fully saturated rings. The van der Waals surface area contributed by atoms with Crippen molar-refractivity contribution in [2.45, 2.75) is 46.6 Å². The highest BCUT2D eigenvalue weighted by Crippen LogP contribution is 2.27. The van der Waals surface area contributed by atoms with Gasteiger partial charge < -0.3 is 10.6 Å². The summed E-state index contributed by atoms with van der Waals surface area (Å²) in [4.78, 5) is 9.36. The monoisotopic (exact) mass is 366 g/mol. The Morgan fingerprint density at radius 3 is 2.08 bits per heavy atom. The molecule has 3 rings (SSSR count). The number of nitrogens with one attached hydrogen (secondary N) is 2.